The number of carbonyl (C=O) groups excluding carboxylic acids is 1. The molecule has 0 fully saturated rings. The van der Waals surface area contributed by atoms with Crippen LogP contribution in [0.15, 0.2) is 30.3 Å². The molecule has 1 atom stereocenters. The molecule has 3 nitrogen and oxygen atoms in total. The molecule has 0 aromatic heterocycles. The minimum atomic E-state index is -0.226. The summed E-state index contributed by atoms with van der Waals surface area (Å²) in [5.41, 5.74) is 6.47. The number of hydrogen-bond acceptors (Lipinski definition) is 3. The minimum Gasteiger partial charge on any atom is -0.466 e. The molecule has 90 valence electrons. The number of carbonyl (C=O) groups is 1. The molecule has 2 N–H and O–H groups in total. The number of esters is 1. The van der Waals surface area contributed by atoms with Gasteiger partial charge in [0, 0.05) is 0 Å². The third-order valence-corrected chi connectivity index (χ3v) is 2.23. The number of hydrogen-bond donors (Lipinski definition) is 1. The largest absolute Gasteiger partial charge is 0.466 e. The predicted octanol–water partition coefficient (Wildman–Crippen LogP) is 2.10. The lowest BCUT2D eigenvalue weighted by Gasteiger charge is -2.14. The van der Waals surface area contributed by atoms with Crippen molar-refractivity contribution >= 4 is 18.4 Å². The van der Waals surface area contributed by atoms with Crippen LogP contribution in [0.2, 0.25) is 0 Å². The first-order valence-electron chi connectivity index (χ1n) is 5.21. The summed E-state index contributed by atoms with van der Waals surface area (Å²) in [5, 5.41) is 0. The van der Waals surface area contributed by atoms with E-state index in [0.717, 1.165) is 5.56 Å². The predicted molar refractivity (Wildman–Crippen MR) is 66.7 cm³/mol. The Morgan fingerprint density at radius 3 is 2.50 bits per heavy atom. The van der Waals surface area contributed by atoms with Gasteiger partial charge in [0.1, 0.15) is 0 Å². The Kier molecular flexibility index (Phi) is 7.60. The van der Waals surface area contributed by atoms with E-state index in [1.54, 1.807) is 0 Å². The molecular formula is C12H18ClNO2. The first-order valence-corrected chi connectivity index (χ1v) is 5.21. The Bertz CT molecular complexity index is 303. The fraction of sp³-hybridized carbons (Fsp3) is 0.417. The second-order valence-corrected chi connectivity index (χ2v) is 3.29. The molecule has 0 aliphatic carbocycles. The van der Waals surface area contributed by atoms with Crippen molar-refractivity contribution in [2.75, 3.05) is 13.2 Å². The van der Waals surface area contributed by atoms with Gasteiger partial charge in [0.05, 0.1) is 12.5 Å². The van der Waals surface area contributed by atoms with E-state index in [-0.39, 0.29) is 24.3 Å². The standard InChI is InChI=1S/C12H17NO2.ClH/c1-2-15-12(14)11(8-9-13)10-6-4-3-5-7-10;/h3-7,11H,2,8-9,13H2,1H3;1H. The lowest BCUT2D eigenvalue weighted by atomic mass is 9.96. The molecule has 1 rings (SSSR count). The van der Waals surface area contributed by atoms with Crippen molar-refractivity contribution in [1.82, 2.24) is 0 Å². The van der Waals surface area contributed by atoms with Crippen LogP contribution in [0.5, 0.6) is 0 Å². The molecule has 0 aliphatic rings. The van der Waals surface area contributed by atoms with Gasteiger partial charge in [-0.05, 0) is 25.5 Å². The average Bonchev–Trinajstić information content (AvgIpc) is 2.27. The van der Waals surface area contributed by atoms with Gasteiger partial charge in [-0.15, -0.1) is 12.4 Å². The zero-order chi connectivity index (χ0) is 11.1. The van der Waals surface area contributed by atoms with E-state index in [2.05, 4.69) is 0 Å². The summed E-state index contributed by atoms with van der Waals surface area (Å²) >= 11 is 0. The number of nitrogens with two attached hydrogens (primary N) is 1. The maximum Gasteiger partial charge on any atom is 0.313 e. The van der Waals surface area contributed by atoms with Crippen LogP contribution in [0.25, 0.3) is 0 Å². The highest BCUT2D eigenvalue weighted by Crippen LogP contribution is 2.20. The van der Waals surface area contributed by atoms with Gasteiger partial charge in [0.25, 0.3) is 0 Å². The van der Waals surface area contributed by atoms with Crippen LogP contribution in [0.1, 0.15) is 24.8 Å². The van der Waals surface area contributed by atoms with E-state index in [0.29, 0.717) is 19.6 Å². The lowest BCUT2D eigenvalue weighted by molar-refractivity contribution is -0.145. The summed E-state index contributed by atoms with van der Waals surface area (Å²) in [6.45, 7) is 2.70. The van der Waals surface area contributed by atoms with Crippen LogP contribution in [-0.2, 0) is 9.53 Å². The van der Waals surface area contributed by atoms with Gasteiger partial charge in [-0.3, -0.25) is 4.79 Å². The van der Waals surface area contributed by atoms with E-state index >= 15 is 0 Å². The molecule has 16 heavy (non-hydrogen) atoms. The van der Waals surface area contributed by atoms with E-state index in [1.807, 2.05) is 37.3 Å². The molecule has 0 heterocycles. The van der Waals surface area contributed by atoms with Crippen molar-refractivity contribution in [1.29, 1.82) is 0 Å². The molecular weight excluding hydrogens is 226 g/mol. The molecule has 1 aromatic rings. The Morgan fingerprint density at radius 1 is 1.38 bits per heavy atom. The number of ether oxygens (including phenoxy) is 1. The molecule has 0 aliphatic heterocycles. The summed E-state index contributed by atoms with van der Waals surface area (Å²) in [5.74, 6) is -0.412. The topological polar surface area (TPSA) is 52.3 Å². The van der Waals surface area contributed by atoms with Gasteiger partial charge in [0.15, 0.2) is 0 Å². The Labute approximate surface area is 102 Å². The third-order valence-electron chi connectivity index (χ3n) is 2.23. The zero-order valence-corrected chi connectivity index (χ0v) is 10.2. The van der Waals surface area contributed by atoms with Crippen LogP contribution in [0, 0.1) is 0 Å². The van der Waals surface area contributed by atoms with Gasteiger partial charge in [-0.2, -0.15) is 0 Å². The maximum atomic E-state index is 11.7. The van der Waals surface area contributed by atoms with Crippen molar-refractivity contribution < 1.29 is 9.53 Å². The number of benzene rings is 1. The average molecular weight is 244 g/mol. The van der Waals surface area contributed by atoms with Gasteiger partial charge < -0.3 is 10.5 Å². The van der Waals surface area contributed by atoms with Gasteiger partial charge in [-0.1, -0.05) is 30.3 Å². The van der Waals surface area contributed by atoms with Crippen molar-refractivity contribution in [2.45, 2.75) is 19.3 Å². The second kappa shape index (κ2) is 8.13. The highest BCUT2D eigenvalue weighted by molar-refractivity contribution is 5.85. The summed E-state index contributed by atoms with van der Waals surface area (Å²) in [7, 11) is 0. The van der Waals surface area contributed by atoms with Crippen LogP contribution in [-0.4, -0.2) is 19.1 Å². The summed E-state index contributed by atoms with van der Waals surface area (Å²) in [6, 6.07) is 9.61. The normalized spacial score (nSPS) is 11.4. The SMILES string of the molecule is CCOC(=O)C(CCN)c1ccccc1.Cl. The third kappa shape index (κ3) is 4.21. The summed E-state index contributed by atoms with van der Waals surface area (Å²) in [4.78, 5) is 11.7. The van der Waals surface area contributed by atoms with Crippen LogP contribution >= 0.6 is 12.4 Å². The van der Waals surface area contributed by atoms with Gasteiger partial charge >= 0.3 is 5.97 Å². The molecule has 0 saturated heterocycles. The smallest absolute Gasteiger partial charge is 0.313 e. The van der Waals surface area contributed by atoms with Crippen molar-refractivity contribution in [3.05, 3.63) is 35.9 Å². The fourth-order valence-electron chi connectivity index (χ4n) is 1.52. The summed E-state index contributed by atoms with van der Waals surface area (Å²) in [6.07, 6.45) is 0.628. The van der Waals surface area contributed by atoms with Gasteiger partial charge in [-0.25, -0.2) is 0 Å². The first-order chi connectivity index (χ1) is 7.29. The number of rotatable bonds is 5. The van der Waals surface area contributed by atoms with E-state index in [4.69, 9.17) is 10.5 Å². The van der Waals surface area contributed by atoms with Gasteiger partial charge in [0.2, 0.25) is 0 Å². The molecule has 0 bridgehead atoms. The molecule has 0 radical (unpaired) electrons. The number of halogens is 1. The van der Waals surface area contributed by atoms with E-state index < -0.39 is 0 Å². The molecule has 1 unspecified atom stereocenters. The maximum absolute atomic E-state index is 11.7. The lowest BCUT2D eigenvalue weighted by Crippen LogP contribution is -2.19. The Hall–Kier alpha value is -1.06. The molecule has 1 aromatic carbocycles. The first kappa shape index (κ1) is 14.9. The monoisotopic (exact) mass is 243 g/mol. The molecule has 0 spiro atoms. The van der Waals surface area contributed by atoms with Crippen molar-refractivity contribution in [2.24, 2.45) is 5.73 Å². The second-order valence-electron chi connectivity index (χ2n) is 3.29. The molecule has 0 saturated carbocycles. The molecule has 4 heteroatoms. The van der Waals surface area contributed by atoms with Crippen molar-refractivity contribution in [3.63, 3.8) is 0 Å². The quantitative estimate of drug-likeness (QED) is 0.806. The van der Waals surface area contributed by atoms with E-state index in [9.17, 15) is 4.79 Å². The molecule has 0 amide bonds. The van der Waals surface area contributed by atoms with Crippen molar-refractivity contribution in [3.8, 4) is 0 Å². The van der Waals surface area contributed by atoms with Crippen LogP contribution in [0.3, 0.4) is 0 Å². The van der Waals surface area contributed by atoms with Crippen LogP contribution < -0.4 is 5.73 Å². The zero-order valence-electron chi connectivity index (χ0n) is 9.39. The minimum absolute atomic E-state index is 0. The highest BCUT2D eigenvalue weighted by atomic mass is 35.5. The summed E-state index contributed by atoms with van der Waals surface area (Å²) < 4.78 is 5.02. The van der Waals surface area contributed by atoms with Crippen LogP contribution in [0.4, 0.5) is 0 Å². The van der Waals surface area contributed by atoms with E-state index in [1.165, 1.54) is 0 Å². The fourth-order valence-corrected chi connectivity index (χ4v) is 1.52. The Balaban J connectivity index is 0.00000225. The highest BCUT2D eigenvalue weighted by Gasteiger charge is 2.20. The Morgan fingerprint density at radius 2 is 2.00 bits per heavy atom.